The number of H-pyrrole nitrogens is 1. The Balaban J connectivity index is 1.58. The Bertz CT molecular complexity index is 893. The molecule has 4 rings (SSSR count). The van der Waals surface area contributed by atoms with Gasteiger partial charge in [-0.2, -0.15) is 0 Å². The summed E-state index contributed by atoms with van der Waals surface area (Å²) >= 11 is 0. The molecule has 0 amide bonds. The molecule has 2 aromatic heterocycles. The Labute approximate surface area is 128 Å². The molecule has 0 atom stereocenters. The molecule has 0 saturated carbocycles. The van der Waals surface area contributed by atoms with Gasteiger partial charge < -0.3 is 10.3 Å². The molecule has 0 saturated heterocycles. The maximum absolute atomic E-state index is 4.50. The molecular weight excluding hydrogens is 270 g/mol. The van der Waals surface area contributed by atoms with Crippen molar-refractivity contribution in [1.82, 2.24) is 9.97 Å². The Hall–Kier alpha value is -3.07. The van der Waals surface area contributed by atoms with Crippen LogP contribution in [0.1, 0.15) is 0 Å². The van der Waals surface area contributed by atoms with Gasteiger partial charge in [0.2, 0.25) is 0 Å². The quantitative estimate of drug-likeness (QED) is 0.557. The van der Waals surface area contributed by atoms with Crippen LogP contribution in [0.2, 0.25) is 0 Å². The number of aromatic amines is 1. The highest BCUT2D eigenvalue weighted by molar-refractivity contribution is 5.83. The molecule has 0 aliphatic carbocycles. The third-order valence-corrected chi connectivity index (χ3v) is 3.70. The van der Waals surface area contributed by atoms with Crippen LogP contribution in [0.5, 0.6) is 0 Å². The lowest BCUT2D eigenvalue weighted by molar-refractivity contribution is 1.31. The fourth-order valence-electron chi connectivity index (χ4n) is 2.54. The van der Waals surface area contributed by atoms with Crippen molar-refractivity contribution in [3.63, 3.8) is 0 Å². The van der Waals surface area contributed by atoms with Crippen molar-refractivity contribution in [1.29, 1.82) is 0 Å². The van der Waals surface area contributed by atoms with Crippen LogP contribution < -0.4 is 5.32 Å². The number of fused-ring (bicyclic) bond motifs is 1. The first-order valence-corrected chi connectivity index (χ1v) is 7.24. The molecule has 106 valence electrons. The first-order valence-electron chi connectivity index (χ1n) is 7.24. The second kappa shape index (κ2) is 5.37. The maximum Gasteiger partial charge on any atom is 0.130 e. The van der Waals surface area contributed by atoms with Crippen molar-refractivity contribution >= 4 is 22.4 Å². The first-order chi connectivity index (χ1) is 10.9. The highest BCUT2D eigenvalue weighted by Crippen LogP contribution is 2.23. The van der Waals surface area contributed by atoms with Gasteiger partial charge in [0.15, 0.2) is 0 Å². The summed E-state index contributed by atoms with van der Waals surface area (Å²) in [4.78, 5) is 7.71. The lowest BCUT2D eigenvalue weighted by Crippen LogP contribution is -1.93. The minimum Gasteiger partial charge on any atom is -0.361 e. The molecule has 0 aliphatic heterocycles. The number of hydrogen-bond acceptors (Lipinski definition) is 2. The Morgan fingerprint density at radius 3 is 2.55 bits per heavy atom. The molecule has 0 fully saturated rings. The third-order valence-electron chi connectivity index (χ3n) is 3.70. The molecular formula is C19H15N3. The van der Waals surface area contributed by atoms with E-state index >= 15 is 0 Å². The topological polar surface area (TPSA) is 40.7 Å². The van der Waals surface area contributed by atoms with E-state index in [0.717, 1.165) is 22.6 Å². The van der Waals surface area contributed by atoms with Crippen molar-refractivity contribution in [3.05, 3.63) is 79.1 Å². The zero-order valence-electron chi connectivity index (χ0n) is 12.0. The monoisotopic (exact) mass is 285 g/mol. The van der Waals surface area contributed by atoms with Crippen molar-refractivity contribution in [2.45, 2.75) is 0 Å². The molecule has 0 bridgehead atoms. The van der Waals surface area contributed by atoms with E-state index < -0.39 is 0 Å². The summed E-state index contributed by atoms with van der Waals surface area (Å²) in [5.41, 5.74) is 4.43. The molecule has 2 N–H and O–H groups in total. The SMILES string of the molecule is c1ccc(-c2ccc(Nc3ccc4cc[nH]c4c3)nc2)cc1. The molecule has 2 aromatic carbocycles. The number of aromatic nitrogens is 2. The Kier molecular flexibility index (Phi) is 3.09. The fraction of sp³-hybridized carbons (Fsp3) is 0. The summed E-state index contributed by atoms with van der Waals surface area (Å²) in [7, 11) is 0. The summed E-state index contributed by atoms with van der Waals surface area (Å²) in [5.74, 6) is 0.839. The summed E-state index contributed by atoms with van der Waals surface area (Å²) in [5, 5.41) is 4.54. The summed E-state index contributed by atoms with van der Waals surface area (Å²) in [6, 6.07) is 22.6. The van der Waals surface area contributed by atoms with Crippen LogP contribution in [0.3, 0.4) is 0 Å². The lowest BCUT2D eigenvalue weighted by atomic mass is 10.1. The number of nitrogens with zero attached hydrogens (tertiary/aromatic N) is 1. The minimum atomic E-state index is 0.839. The van der Waals surface area contributed by atoms with Crippen LogP contribution in [0, 0.1) is 0 Å². The second-order valence-electron chi connectivity index (χ2n) is 5.20. The average molecular weight is 285 g/mol. The van der Waals surface area contributed by atoms with Gasteiger partial charge in [-0.25, -0.2) is 4.98 Å². The lowest BCUT2D eigenvalue weighted by Gasteiger charge is -2.07. The normalized spacial score (nSPS) is 10.7. The van der Waals surface area contributed by atoms with Crippen LogP contribution in [-0.4, -0.2) is 9.97 Å². The largest absolute Gasteiger partial charge is 0.361 e. The summed E-state index contributed by atoms with van der Waals surface area (Å²) in [6.07, 6.45) is 3.84. The highest BCUT2D eigenvalue weighted by Gasteiger charge is 2.01. The van der Waals surface area contributed by atoms with Crippen LogP contribution in [0.15, 0.2) is 79.1 Å². The Morgan fingerprint density at radius 2 is 1.73 bits per heavy atom. The van der Waals surface area contributed by atoms with Crippen LogP contribution in [-0.2, 0) is 0 Å². The van der Waals surface area contributed by atoms with Crippen LogP contribution in [0.4, 0.5) is 11.5 Å². The van der Waals surface area contributed by atoms with E-state index in [-0.39, 0.29) is 0 Å². The summed E-state index contributed by atoms with van der Waals surface area (Å²) < 4.78 is 0. The van der Waals surface area contributed by atoms with Crippen LogP contribution >= 0.6 is 0 Å². The fourth-order valence-corrected chi connectivity index (χ4v) is 2.54. The van der Waals surface area contributed by atoms with Gasteiger partial charge in [0.05, 0.1) is 0 Å². The molecule has 3 heteroatoms. The van der Waals surface area contributed by atoms with E-state index in [9.17, 15) is 0 Å². The first kappa shape index (κ1) is 12.7. The number of anilines is 2. The van der Waals surface area contributed by atoms with Gasteiger partial charge in [0.25, 0.3) is 0 Å². The molecule has 0 aliphatic rings. The van der Waals surface area contributed by atoms with Crippen molar-refractivity contribution in [2.24, 2.45) is 0 Å². The number of rotatable bonds is 3. The highest BCUT2D eigenvalue weighted by atomic mass is 15.0. The predicted octanol–water partition coefficient (Wildman–Crippen LogP) is 4.97. The zero-order valence-corrected chi connectivity index (χ0v) is 12.0. The van der Waals surface area contributed by atoms with Gasteiger partial charge in [-0.15, -0.1) is 0 Å². The molecule has 22 heavy (non-hydrogen) atoms. The Morgan fingerprint density at radius 1 is 0.818 bits per heavy atom. The van der Waals surface area contributed by atoms with Gasteiger partial charge >= 0.3 is 0 Å². The van der Waals surface area contributed by atoms with Gasteiger partial charge in [-0.05, 0) is 41.3 Å². The van der Waals surface area contributed by atoms with E-state index in [1.54, 1.807) is 0 Å². The van der Waals surface area contributed by atoms with Crippen LogP contribution in [0.25, 0.3) is 22.0 Å². The maximum atomic E-state index is 4.50. The van der Waals surface area contributed by atoms with E-state index in [1.165, 1.54) is 10.9 Å². The smallest absolute Gasteiger partial charge is 0.130 e. The predicted molar refractivity (Wildman–Crippen MR) is 91.3 cm³/mol. The van der Waals surface area contributed by atoms with E-state index in [1.807, 2.05) is 36.7 Å². The number of hydrogen-bond donors (Lipinski definition) is 2. The summed E-state index contributed by atoms with van der Waals surface area (Å²) in [6.45, 7) is 0. The van der Waals surface area contributed by atoms with Gasteiger partial charge in [0, 0.05) is 29.2 Å². The number of benzene rings is 2. The second-order valence-corrected chi connectivity index (χ2v) is 5.20. The van der Waals surface area contributed by atoms with Gasteiger partial charge in [0.1, 0.15) is 5.82 Å². The van der Waals surface area contributed by atoms with E-state index in [4.69, 9.17) is 0 Å². The molecule has 0 radical (unpaired) electrons. The van der Waals surface area contributed by atoms with Gasteiger partial charge in [-0.3, -0.25) is 0 Å². The molecule has 2 heterocycles. The minimum absolute atomic E-state index is 0.839. The standard InChI is InChI=1S/C19H15N3/c1-2-4-14(5-3-1)16-7-9-19(21-13-16)22-17-8-6-15-10-11-20-18(15)12-17/h1-13,20H,(H,21,22). The van der Waals surface area contributed by atoms with Gasteiger partial charge in [-0.1, -0.05) is 36.4 Å². The molecule has 0 unspecified atom stereocenters. The third kappa shape index (κ3) is 2.44. The van der Waals surface area contributed by atoms with Crippen molar-refractivity contribution in [3.8, 4) is 11.1 Å². The zero-order chi connectivity index (χ0) is 14.8. The number of nitrogens with one attached hydrogen (secondary N) is 2. The molecule has 0 spiro atoms. The van der Waals surface area contributed by atoms with E-state index in [0.29, 0.717) is 0 Å². The molecule has 3 nitrogen and oxygen atoms in total. The van der Waals surface area contributed by atoms with Crippen molar-refractivity contribution in [2.75, 3.05) is 5.32 Å². The number of pyridine rings is 1. The van der Waals surface area contributed by atoms with Crippen molar-refractivity contribution < 1.29 is 0 Å². The average Bonchev–Trinajstić information content (AvgIpc) is 3.04. The molecule has 4 aromatic rings. The van der Waals surface area contributed by atoms with E-state index in [2.05, 4.69) is 57.7 Å².